The molecule has 2 aromatic heterocycles. The molecule has 1 radical (unpaired) electrons. The Balaban J connectivity index is 0.00000245. The molecular formula is C29H31IrN2-. The summed E-state index contributed by atoms with van der Waals surface area (Å²) in [7, 11) is 0. The molecule has 2 heterocycles. The molecule has 5 rings (SSSR count). The topological polar surface area (TPSA) is 17.3 Å². The third-order valence-electron chi connectivity index (χ3n) is 5.86. The molecule has 3 heteroatoms. The van der Waals surface area contributed by atoms with Gasteiger partial charge in [0.2, 0.25) is 0 Å². The largest absolute Gasteiger partial charge is 0.333 e. The van der Waals surface area contributed by atoms with Gasteiger partial charge in [-0.05, 0) is 58.4 Å². The van der Waals surface area contributed by atoms with Crippen LogP contribution in [0.5, 0.6) is 0 Å². The molecule has 5 aromatic rings. The molecule has 0 saturated carbocycles. The van der Waals surface area contributed by atoms with E-state index >= 15 is 0 Å². The van der Waals surface area contributed by atoms with Gasteiger partial charge in [0.1, 0.15) is 0 Å². The maximum Gasteiger partial charge on any atom is 0.0774 e. The molecule has 0 aliphatic carbocycles. The third-order valence-corrected chi connectivity index (χ3v) is 5.86. The summed E-state index contributed by atoms with van der Waals surface area (Å²) in [6.45, 7) is 13.8. The van der Waals surface area contributed by atoms with Crippen LogP contribution in [0.15, 0.2) is 54.6 Å². The van der Waals surface area contributed by atoms with E-state index in [0.29, 0.717) is 0 Å². The zero-order chi connectivity index (χ0) is 22.0. The Labute approximate surface area is 204 Å². The van der Waals surface area contributed by atoms with E-state index in [2.05, 4.69) is 101 Å². The molecule has 0 amide bonds. The van der Waals surface area contributed by atoms with Crippen LogP contribution in [0.4, 0.5) is 0 Å². The predicted molar refractivity (Wildman–Crippen MR) is 133 cm³/mol. The number of nitrogens with zero attached hydrogens (tertiary/aromatic N) is 2. The van der Waals surface area contributed by atoms with Gasteiger partial charge in [0.05, 0.1) is 16.7 Å². The van der Waals surface area contributed by atoms with Crippen molar-refractivity contribution in [2.75, 3.05) is 0 Å². The normalized spacial score (nSPS) is 12.7. The van der Waals surface area contributed by atoms with Crippen LogP contribution in [0.25, 0.3) is 38.4 Å². The molecule has 0 aliphatic rings. The van der Waals surface area contributed by atoms with Gasteiger partial charge in [-0.1, -0.05) is 65.1 Å². The molecule has 2 nitrogen and oxygen atoms in total. The van der Waals surface area contributed by atoms with Crippen molar-refractivity contribution in [1.29, 1.82) is 0 Å². The van der Waals surface area contributed by atoms with Crippen LogP contribution in [-0.2, 0) is 32.9 Å². The monoisotopic (exact) mass is 600 g/mol. The Morgan fingerprint density at radius 2 is 1.44 bits per heavy atom. The number of fused-ring (bicyclic) bond motifs is 8. The van der Waals surface area contributed by atoms with Crippen LogP contribution in [-0.4, -0.2) is 9.38 Å². The van der Waals surface area contributed by atoms with Gasteiger partial charge in [-0.25, -0.2) is 0 Å². The summed E-state index contributed by atoms with van der Waals surface area (Å²) in [6, 6.07) is 23.5. The van der Waals surface area contributed by atoms with Crippen molar-refractivity contribution in [2.45, 2.75) is 54.4 Å². The Hall–Kier alpha value is -2.22. The molecule has 167 valence electrons. The summed E-state index contributed by atoms with van der Waals surface area (Å²) in [5.41, 5.74) is 7.68. The zero-order valence-electron chi connectivity index (χ0n) is 19.8. The van der Waals surface area contributed by atoms with E-state index in [1.54, 1.807) is 0 Å². The van der Waals surface area contributed by atoms with E-state index in [4.69, 9.17) is 4.98 Å². The fraction of sp³-hybridized carbons (Fsp3) is 0.345. The molecular weight excluding hydrogens is 569 g/mol. The van der Waals surface area contributed by atoms with E-state index in [0.717, 1.165) is 29.4 Å². The van der Waals surface area contributed by atoms with Crippen molar-refractivity contribution in [3.8, 4) is 0 Å². The number of rotatable bonds is 2. The van der Waals surface area contributed by atoms with Gasteiger partial charge in [0, 0.05) is 25.6 Å². The van der Waals surface area contributed by atoms with Crippen LogP contribution >= 0.6 is 0 Å². The van der Waals surface area contributed by atoms with Gasteiger partial charge < -0.3 is 4.40 Å². The molecule has 0 fully saturated rings. The van der Waals surface area contributed by atoms with Crippen molar-refractivity contribution in [2.24, 2.45) is 10.8 Å². The van der Waals surface area contributed by atoms with Gasteiger partial charge in [0.15, 0.2) is 0 Å². The average molecular weight is 600 g/mol. The van der Waals surface area contributed by atoms with Gasteiger partial charge in [-0.2, -0.15) is 0 Å². The van der Waals surface area contributed by atoms with E-state index in [1.807, 2.05) is 6.07 Å². The van der Waals surface area contributed by atoms with Crippen molar-refractivity contribution < 1.29 is 20.1 Å². The quantitative estimate of drug-likeness (QED) is 0.150. The minimum Gasteiger partial charge on any atom is -0.333 e. The molecule has 0 bridgehead atoms. The number of pyridine rings is 1. The van der Waals surface area contributed by atoms with E-state index in [9.17, 15) is 0 Å². The first-order valence-electron chi connectivity index (χ1n) is 11.3. The number of hydrogen-bond donors (Lipinski definition) is 0. The second-order valence-electron chi connectivity index (χ2n) is 11.4. The second-order valence-corrected chi connectivity index (χ2v) is 11.4. The molecule has 32 heavy (non-hydrogen) atoms. The second kappa shape index (κ2) is 7.97. The van der Waals surface area contributed by atoms with E-state index < -0.39 is 0 Å². The van der Waals surface area contributed by atoms with Gasteiger partial charge >= 0.3 is 0 Å². The predicted octanol–water partition coefficient (Wildman–Crippen LogP) is 7.77. The molecule has 0 aliphatic heterocycles. The SMILES string of the molecule is CC(C)(C)Cc1ccc2c(c1)c1ccc[c-]c1c1nc3ccc(CC(C)(C)C)cc3n21.[Ir]. The number of hydrogen-bond acceptors (Lipinski definition) is 1. The summed E-state index contributed by atoms with van der Waals surface area (Å²) in [5.74, 6) is 0. The van der Waals surface area contributed by atoms with Crippen molar-refractivity contribution in [3.05, 3.63) is 71.8 Å². The first-order valence-corrected chi connectivity index (χ1v) is 11.3. The van der Waals surface area contributed by atoms with E-state index in [1.165, 1.54) is 32.9 Å². The average Bonchev–Trinajstić information content (AvgIpc) is 3.05. The fourth-order valence-corrected chi connectivity index (χ4v) is 4.82. The van der Waals surface area contributed by atoms with Crippen molar-refractivity contribution >= 4 is 38.4 Å². The Kier molecular flexibility index (Phi) is 5.72. The van der Waals surface area contributed by atoms with Crippen LogP contribution in [0.1, 0.15) is 52.7 Å². The standard InChI is InChI=1S/C29H31N2.Ir/c1-28(2,3)17-19-12-14-25-23(15-19)21-9-7-8-10-22(21)27-30-24-13-11-20(18-29(4,5)6)16-26(24)31(25)27;/h7-9,11-16H,17-18H2,1-6H3;/q-1;. The van der Waals surface area contributed by atoms with Crippen LogP contribution < -0.4 is 0 Å². The van der Waals surface area contributed by atoms with Crippen molar-refractivity contribution in [1.82, 2.24) is 9.38 Å². The summed E-state index contributed by atoms with van der Waals surface area (Å²) in [5, 5.41) is 3.60. The minimum atomic E-state index is 0. The fourth-order valence-electron chi connectivity index (χ4n) is 4.82. The smallest absolute Gasteiger partial charge is 0.0774 e. The summed E-state index contributed by atoms with van der Waals surface area (Å²) in [4.78, 5) is 5.04. The summed E-state index contributed by atoms with van der Waals surface area (Å²) in [6.07, 6.45) is 2.10. The van der Waals surface area contributed by atoms with Gasteiger partial charge in [-0.3, -0.25) is 4.98 Å². The molecule has 0 N–H and O–H groups in total. The maximum atomic E-state index is 5.04. The molecule has 0 atom stereocenters. The minimum absolute atomic E-state index is 0. The van der Waals surface area contributed by atoms with Crippen molar-refractivity contribution in [3.63, 3.8) is 0 Å². The molecule has 0 saturated heterocycles. The molecule has 3 aromatic carbocycles. The summed E-state index contributed by atoms with van der Waals surface area (Å²) >= 11 is 0. The third kappa shape index (κ3) is 4.21. The van der Waals surface area contributed by atoms with Crippen LogP contribution in [0, 0.1) is 16.9 Å². The Morgan fingerprint density at radius 1 is 0.781 bits per heavy atom. The van der Waals surface area contributed by atoms with Crippen LogP contribution in [0.2, 0.25) is 0 Å². The van der Waals surface area contributed by atoms with Crippen LogP contribution in [0.3, 0.4) is 0 Å². The van der Waals surface area contributed by atoms with Gasteiger partial charge in [0.25, 0.3) is 0 Å². The van der Waals surface area contributed by atoms with Gasteiger partial charge in [-0.15, -0.1) is 29.7 Å². The Morgan fingerprint density at radius 3 is 2.12 bits per heavy atom. The first kappa shape index (κ1) is 23.0. The summed E-state index contributed by atoms with van der Waals surface area (Å²) < 4.78 is 2.34. The number of aromatic nitrogens is 2. The first-order chi connectivity index (χ1) is 14.6. The number of imidazole rings is 1. The molecule has 0 unspecified atom stereocenters. The maximum absolute atomic E-state index is 5.04. The molecule has 0 spiro atoms. The number of benzene rings is 3. The Bertz CT molecular complexity index is 1450. The van der Waals surface area contributed by atoms with E-state index in [-0.39, 0.29) is 30.9 Å². The zero-order valence-corrected chi connectivity index (χ0v) is 22.2.